The van der Waals surface area contributed by atoms with Crippen molar-refractivity contribution < 1.29 is 0 Å². The molecule has 0 spiro atoms. The molecule has 1 aliphatic heterocycles. The number of hydrogen-bond donors (Lipinski definition) is 1. The molecule has 0 saturated carbocycles. The molecule has 2 atom stereocenters. The van der Waals surface area contributed by atoms with E-state index in [4.69, 9.17) is 0 Å². The van der Waals surface area contributed by atoms with Gasteiger partial charge in [0.2, 0.25) is 0 Å². The lowest BCUT2D eigenvalue weighted by molar-refractivity contribution is 0.102. The van der Waals surface area contributed by atoms with Crippen LogP contribution in [0.15, 0.2) is 28.7 Å². The monoisotopic (exact) mass is 339 g/mol. The van der Waals surface area contributed by atoms with Gasteiger partial charge in [0.05, 0.1) is 0 Å². The van der Waals surface area contributed by atoms with E-state index in [-0.39, 0.29) is 0 Å². The molecule has 4 heteroatoms. The molecule has 112 valence electrons. The van der Waals surface area contributed by atoms with Crippen molar-refractivity contribution in [3.63, 3.8) is 0 Å². The van der Waals surface area contributed by atoms with Gasteiger partial charge in [-0.2, -0.15) is 0 Å². The lowest BCUT2D eigenvalue weighted by atomic mass is 9.97. The molecule has 1 aliphatic rings. The highest BCUT2D eigenvalue weighted by Crippen LogP contribution is 2.20. The molecule has 0 amide bonds. The van der Waals surface area contributed by atoms with Crippen LogP contribution in [0.1, 0.15) is 12.0 Å². The molecule has 1 aromatic rings. The Balaban J connectivity index is 1.96. The molecule has 0 radical (unpaired) electrons. The van der Waals surface area contributed by atoms with Crippen LogP contribution in [0.4, 0.5) is 0 Å². The van der Waals surface area contributed by atoms with Crippen molar-refractivity contribution in [1.82, 2.24) is 15.1 Å². The van der Waals surface area contributed by atoms with Gasteiger partial charge in [0.15, 0.2) is 0 Å². The zero-order valence-electron chi connectivity index (χ0n) is 12.8. The number of nitrogens with one attached hydrogen (secondary N) is 1. The van der Waals surface area contributed by atoms with E-state index in [2.05, 4.69) is 76.5 Å². The topological polar surface area (TPSA) is 18.5 Å². The summed E-state index contributed by atoms with van der Waals surface area (Å²) in [7, 11) is 6.55. The number of benzene rings is 1. The van der Waals surface area contributed by atoms with Gasteiger partial charge in [0.1, 0.15) is 0 Å². The van der Waals surface area contributed by atoms with Crippen LogP contribution in [0.3, 0.4) is 0 Å². The molecule has 1 aromatic carbocycles. The second kappa shape index (κ2) is 7.55. The molecule has 0 aliphatic carbocycles. The summed E-state index contributed by atoms with van der Waals surface area (Å²) in [5.74, 6) is 0. The van der Waals surface area contributed by atoms with E-state index in [1.165, 1.54) is 36.1 Å². The predicted molar refractivity (Wildman–Crippen MR) is 89.2 cm³/mol. The van der Waals surface area contributed by atoms with Gasteiger partial charge in [0.25, 0.3) is 0 Å². The average molecular weight is 340 g/mol. The van der Waals surface area contributed by atoms with Crippen molar-refractivity contribution in [2.75, 3.05) is 40.8 Å². The van der Waals surface area contributed by atoms with Gasteiger partial charge in [-0.05, 0) is 45.6 Å². The highest BCUT2D eigenvalue weighted by Gasteiger charge is 2.25. The zero-order chi connectivity index (χ0) is 14.5. The highest BCUT2D eigenvalue weighted by atomic mass is 79.9. The van der Waals surface area contributed by atoms with Gasteiger partial charge in [0, 0.05) is 36.2 Å². The first-order valence-corrected chi connectivity index (χ1v) is 8.19. The fourth-order valence-corrected chi connectivity index (χ4v) is 3.36. The molecule has 0 bridgehead atoms. The molecule has 1 N–H and O–H groups in total. The summed E-state index contributed by atoms with van der Waals surface area (Å²) < 4.78 is 1.22. The first-order valence-electron chi connectivity index (χ1n) is 7.39. The molecule has 3 nitrogen and oxygen atoms in total. The maximum atomic E-state index is 3.65. The number of piperazine rings is 1. The van der Waals surface area contributed by atoms with Crippen LogP contribution in [-0.2, 0) is 6.42 Å². The maximum absolute atomic E-state index is 3.65. The van der Waals surface area contributed by atoms with Crippen molar-refractivity contribution in [3.8, 4) is 0 Å². The molecule has 2 rings (SSSR count). The van der Waals surface area contributed by atoms with Crippen LogP contribution < -0.4 is 5.32 Å². The van der Waals surface area contributed by atoms with Gasteiger partial charge in [-0.25, -0.2) is 0 Å². The van der Waals surface area contributed by atoms with Crippen LogP contribution in [0.5, 0.6) is 0 Å². The van der Waals surface area contributed by atoms with Crippen LogP contribution >= 0.6 is 15.9 Å². The van der Waals surface area contributed by atoms with Crippen molar-refractivity contribution in [2.24, 2.45) is 0 Å². The van der Waals surface area contributed by atoms with Crippen LogP contribution in [0, 0.1) is 0 Å². The van der Waals surface area contributed by atoms with Gasteiger partial charge in [-0.15, -0.1) is 0 Å². The van der Waals surface area contributed by atoms with Gasteiger partial charge < -0.3 is 15.1 Å². The van der Waals surface area contributed by atoms with E-state index < -0.39 is 0 Å². The Morgan fingerprint density at radius 3 is 2.75 bits per heavy atom. The maximum Gasteiger partial charge on any atom is 0.0235 e. The first-order chi connectivity index (χ1) is 9.60. The third kappa shape index (κ3) is 4.29. The molecular formula is C16H26BrN3. The quantitative estimate of drug-likeness (QED) is 0.887. The molecular weight excluding hydrogens is 314 g/mol. The largest absolute Gasteiger partial charge is 0.317 e. The Kier molecular flexibility index (Phi) is 6.02. The molecule has 1 saturated heterocycles. The average Bonchev–Trinajstić information content (AvgIpc) is 2.44. The fourth-order valence-electron chi connectivity index (χ4n) is 2.92. The number of hydrogen-bond acceptors (Lipinski definition) is 3. The van der Waals surface area contributed by atoms with E-state index in [0.29, 0.717) is 12.1 Å². The van der Waals surface area contributed by atoms with E-state index in [0.717, 1.165) is 6.42 Å². The summed E-state index contributed by atoms with van der Waals surface area (Å²) in [5, 5.41) is 3.49. The summed E-state index contributed by atoms with van der Waals surface area (Å²) in [5.41, 5.74) is 1.39. The summed E-state index contributed by atoms with van der Waals surface area (Å²) in [6.07, 6.45) is 2.27. The van der Waals surface area contributed by atoms with Gasteiger partial charge >= 0.3 is 0 Å². The minimum atomic E-state index is 0.521. The second-order valence-corrected chi connectivity index (χ2v) is 6.77. The van der Waals surface area contributed by atoms with E-state index >= 15 is 0 Å². The zero-order valence-corrected chi connectivity index (χ0v) is 14.4. The van der Waals surface area contributed by atoms with Gasteiger partial charge in [-0.3, -0.25) is 0 Å². The minimum absolute atomic E-state index is 0.521. The molecule has 1 fully saturated rings. The standard InChI is InChI=1S/C16H26BrN3/c1-18-14(10-13-6-4-5-7-16(13)17)11-15-12-19(2)8-9-20(15)3/h4-7,14-15,18H,8-12H2,1-3H3. The normalized spacial score (nSPS) is 22.9. The summed E-state index contributed by atoms with van der Waals surface area (Å²) >= 11 is 3.65. The van der Waals surface area contributed by atoms with Gasteiger partial charge in [-0.1, -0.05) is 34.1 Å². The second-order valence-electron chi connectivity index (χ2n) is 5.91. The smallest absolute Gasteiger partial charge is 0.0235 e. The summed E-state index contributed by atoms with van der Waals surface area (Å²) in [4.78, 5) is 4.94. The van der Waals surface area contributed by atoms with Crippen LogP contribution in [0.25, 0.3) is 0 Å². The Labute approximate surface area is 131 Å². The Morgan fingerprint density at radius 2 is 2.05 bits per heavy atom. The van der Waals surface area contributed by atoms with Crippen LogP contribution in [-0.4, -0.2) is 62.7 Å². The Morgan fingerprint density at radius 1 is 1.30 bits per heavy atom. The van der Waals surface area contributed by atoms with E-state index in [1.807, 2.05) is 0 Å². The van der Waals surface area contributed by atoms with Crippen molar-refractivity contribution in [1.29, 1.82) is 0 Å². The number of likely N-dealkylation sites (N-methyl/N-ethyl adjacent to an activating group) is 3. The summed E-state index contributed by atoms with van der Waals surface area (Å²) in [6, 6.07) is 9.70. The third-order valence-corrected chi connectivity index (χ3v) is 5.14. The minimum Gasteiger partial charge on any atom is -0.317 e. The predicted octanol–water partition coefficient (Wildman–Crippen LogP) is 2.22. The lowest BCUT2D eigenvalue weighted by Crippen LogP contribution is -2.52. The highest BCUT2D eigenvalue weighted by molar-refractivity contribution is 9.10. The van der Waals surface area contributed by atoms with Crippen molar-refractivity contribution in [2.45, 2.75) is 24.9 Å². The molecule has 2 unspecified atom stereocenters. The first kappa shape index (κ1) is 16.0. The lowest BCUT2D eigenvalue weighted by Gasteiger charge is -2.39. The van der Waals surface area contributed by atoms with Crippen molar-refractivity contribution >= 4 is 15.9 Å². The van der Waals surface area contributed by atoms with E-state index in [1.54, 1.807) is 0 Å². The molecule has 0 aromatic heterocycles. The number of nitrogens with zero attached hydrogens (tertiary/aromatic N) is 2. The molecule has 20 heavy (non-hydrogen) atoms. The fraction of sp³-hybridized carbons (Fsp3) is 0.625. The Bertz CT molecular complexity index is 424. The third-order valence-electron chi connectivity index (χ3n) is 4.37. The van der Waals surface area contributed by atoms with E-state index in [9.17, 15) is 0 Å². The molecule has 1 heterocycles. The summed E-state index contributed by atoms with van der Waals surface area (Å²) in [6.45, 7) is 3.53. The van der Waals surface area contributed by atoms with Crippen molar-refractivity contribution in [3.05, 3.63) is 34.3 Å². The SMILES string of the molecule is CNC(Cc1ccccc1Br)CC1CN(C)CCN1C. The van der Waals surface area contributed by atoms with Crippen LogP contribution in [0.2, 0.25) is 0 Å². The Hall–Kier alpha value is -0.420. The number of rotatable bonds is 5. The number of halogens is 1.